The zero-order chi connectivity index (χ0) is 14.7. The van der Waals surface area contributed by atoms with E-state index < -0.39 is 0 Å². The summed E-state index contributed by atoms with van der Waals surface area (Å²) in [6.45, 7) is 2.23. The Kier molecular flexibility index (Phi) is 5.00. The zero-order valence-electron chi connectivity index (χ0n) is 12.3. The van der Waals surface area contributed by atoms with Gasteiger partial charge in [-0.2, -0.15) is 0 Å². The second-order valence-electron chi connectivity index (χ2n) is 6.02. The molecule has 5 nitrogen and oxygen atoms in total. The summed E-state index contributed by atoms with van der Waals surface area (Å²) in [4.78, 5) is 12.0. The number of amides is 1. The lowest BCUT2D eigenvalue weighted by molar-refractivity contribution is -0.119. The number of rotatable bonds is 6. The Labute approximate surface area is 133 Å². The van der Waals surface area contributed by atoms with E-state index in [4.69, 9.17) is 0 Å². The van der Waals surface area contributed by atoms with E-state index in [9.17, 15) is 4.79 Å². The van der Waals surface area contributed by atoms with Gasteiger partial charge in [0, 0.05) is 12.1 Å². The Morgan fingerprint density at radius 1 is 1.29 bits per heavy atom. The number of nitrogens with one attached hydrogen (secondary N) is 2. The summed E-state index contributed by atoms with van der Waals surface area (Å²) in [7, 11) is 0. The normalized spacial score (nSPS) is 25.6. The maximum Gasteiger partial charge on any atom is 0.230 e. The summed E-state index contributed by atoms with van der Waals surface area (Å²) in [5.41, 5.74) is 0. The summed E-state index contributed by atoms with van der Waals surface area (Å²) in [6.07, 6.45) is 7.32. The van der Waals surface area contributed by atoms with Crippen LogP contribution in [0, 0.1) is 5.92 Å². The molecule has 0 spiro atoms. The van der Waals surface area contributed by atoms with Crippen molar-refractivity contribution in [1.29, 1.82) is 0 Å². The molecule has 2 N–H and O–H groups in total. The second kappa shape index (κ2) is 6.96. The molecule has 21 heavy (non-hydrogen) atoms. The lowest BCUT2D eigenvalue weighted by Crippen LogP contribution is -2.41. The quantitative estimate of drug-likeness (QED) is 0.787. The molecule has 0 saturated heterocycles. The SMILES string of the molecule is C[C@@H]1CCCC[C@H]1NC(=O)CSc1nnc(NC2CC2)s1. The third-order valence-corrected chi connectivity index (χ3v) is 6.08. The van der Waals surface area contributed by atoms with Gasteiger partial charge < -0.3 is 10.6 Å². The number of nitrogens with zero attached hydrogens (tertiary/aromatic N) is 2. The van der Waals surface area contributed by atoms with E-state index in [1.54, 1.807) is 0 Å². The number of anilines is 1. The average Bonchev–Trinajstić information content (AvgIpc) is 3.16. The van der Waals surface area contributed by atoms with Crippen molar-refractivity contribution in [2.45, 2.75) is 61.9 Å². The highest BCUT2D eigenvalue weighted by atomic mass is 32.2. The van der Waals surface area contributed by atoms with Gasteiger partial charge in [-0.25, -0.2) is 0 Å². The van der Waals surface area contributed by atoms with Crippen LogP contribution in [0.1, 0.15) is 45.4 Å². The minimum atomic E-state index is 0.116. The summed E-state index contributed by atoms with van der Waals surface area (Å²) in [5, 5.41) is 15.6. The van der Waals surface area contributed by atoms with Crippen LogP contribution in [0.4, 0.5) is 5.13 Å². The van der Waals surface area contributed by atoms with Gasteiger partial charge in [-0.05, 0) is 31.6 Å². The molecule has 0 aromatic carbocycles. The molecule has 1 aromatic heterocycles. The van der Waals surface area contributed by atoms with Gasteiger partial charge in [0.2, 0.25) is 11.0 Å². The van der Waals surface area contributed by atoms with Gasteiger partial charge in [0.15, 0.2) is 4.34 Å². The molecular weight excluding hydrogens is 304 g/mol. The highest BCUT2D eigenvalue weighted by Crippen LogP contribution is 2.30. The van der Waals surface area contributed by atoms with Crippen molar-refractivity contribution >= 4 is 34.1 Å². The Bertz CT molecular complexity index is 489. The molecule has 1 aromatic rings. The van der Waals surface area contributed by atoms with Gasteiger partial charge in [0.25, 0.3) is 0 Å². The molecule has 2 saturated carbocycles. The first-order valence-corrected chi connectivity index (χ1v) is 9.53. The monoisotopic (exact) mass is 326 g/mol. The van der Waals surface area contributed by atoms with Gasteiger partial charge in [0.1, 0.15) is 0 Å². The molecule has 2 aliphatic rings. The minimum Gasteiger partial charge on any atom is -0.357 e. The van der Waals surface area contributed by atoms with Crippen LogP contribution in [0.2, 0.25) is 0 Å². The Balaban J connectivity index is 1.41. The fourth-order valence-corrected chi connectivity index (χ4v) is 4.28. The van der Waals surface area contributed by atoms with Gasteiger partial charge in [-0.3, -0.25) is 4.79 Å². The fourth-order valence-electron chi connectivity index (χ4n) is 2.64. The first-order chi connectivity index (χ1) is 10.2. The standard InChI is InChI=1S/C14H22N4OS2/c1-9-4-2-3-5-11(9)16-12(19)8-20-14-18-17-13(21-14)15-10-6-7-10/h9-11H,2-8H2,1H3,(H,15,17)(H,16,19)/t9-,11-/m1/s1. The maximum absolute atomic E-state index is 12.0. The van der Waals surface area contributed by atoms with Gasteiger partial charge >= 0.3 is 0 Å². The van der Waals surface area contributed by atoms with E-state index in [0.717, 1.165) is 15.9 Å². The highest BCUT2D eigenvalue weighted by molar-refractivity contribution is 8.01. The van der Waals surface area contributed by atoms with Crippen molar-refractivity contribution < 1.29 is 4.79 Å². The predicted octanol–water partition coefficient (Wildman–Crippen LogP) is 2.90. The number of thioether (sulfide) groups is 1. The van der Waals surface area contributed by atoms with Crippen molar-refractivity contribution in [2.75, 3.05) is 11.1 Å². The molecule has 0 bridgehead atoms. The number of carbonyl (C=O) groups is 1. The van der Waals surface area contributed by atoms with E-state index in [1.807, 2.05) is 0 Å². The summed E-state index contributed by atoms with van der Waals surface area (Å²) in [5.74, 6) is 1.15. The Hall–Kier alpha value is -0.820. The number of aromatic nitrogens is 2. The molecule has 116 valence electrons. The van der Waals surface area contributed by atoms with E-state index in [-0.39, 0.29) is 5.91 Å². The van der Waals surface area contributed by atoms with Crippen molar-refractivity contribution in [3.63, 3.8) is 0 Å². The topological polar surface area (TPSA) is 66.9 Å². The first-order valence-electron chi connectivity index (χ1n) is 7.73. The molecule has 1 amide bonds. The maximum atomic E-state index is 12.0. The van der Waals surface area contributed by atoms with Crippen molar-refractivity contribution in [2.24, 2.45) is 5.92 Å². The number of hydrogen-bond acceptors (Lipinski definition) is 6. The molecule has 2 fully saturated rings. The van der Waals surface area contributed by atoms with Crippen LogP contribution < -0.4 is 10.6 Å². The summed E-state index contributed by atoms with van der Waals surface area (Å²) < 4.78 is 0.866. The molecular formula is C14H22N4OS2. The van der Waals surface area contributed by atoms with E-state index >= 15 is 0 Å². The third kappa shape index (κ3) is 4.57. The zero-order valence-corrected chi connectivity index (χ0v) is 13.9. The van der Waals surface area contributed by atoms with E-state index in [0.29, 0.717) is 23.8 Å². The van der Waals surface area contributed by atoms with E-state index in [2.05, 4.69) is 27.8 Å². The third-order valence-electron chi connectivity index (χ3n) is 4.10. The van der Waals surface area contributed by atoms with Gasteiger partial charge in [-0.15, -0.1) is 10.2 Å². The largest absolute Gasteiger partial charge is 0.357 e. The number of hydrogen-bond donors (Lipinski definition) is 2. The van der Waals surface area contributed by atoms with Crippen molar-refractivity contribution in [3.05, 3.63) is 0 Å². The lowest BCUT2D eigenvalue weighted by Gasteiger charge is -2.29. The molecule has 0 radical (unpaired) electrons. The van der Waals surface area contributed by atoms with Crippen LogP contribution in [-0.4, -0.2) is 33.9 Å². The van der Waals surface area contributed by atoms with Crippen LogP contribution in [0.15, 0.2) is 4.34 Å². The molecule has 3 rings (SSSR count). The Morgan fingerprint density at radius 3 is 2.86 bits per heavy atom. The Morgan fingerprint density at radius 2 is 2.10 bits per heavy atom. The van der Waals surface area contributed by atoms with Crippen LogP contribution in [-0.2, 0) is 4.79 Å². The molecule has 7 heteroatoms. The molecule has 0 unspecified atom stereocenters. The van der Waals surface area contributed by atoms with E-state index in [1.165, 1.54) is 55.2 Å². The number of carbonyl (C=O) groups excluding carboxylic acids is 1. The van der Waals surface area contributed by atoms with Gasteiger partial charge in [-0.1, -0.05) is 42.9 Å². The van der Waals surface area contributed by atoms with Crippen LogP contribution in [0.3, 0.4) is 0 Å². The molecule has 2 atom stereocenters. The average molecular weight is 326 g/mol. The molecule has 2 aliphatic carbocycles. The first kappa shape index (κ1) is 15.1. The van der Waals surface area contributed by atoms with Crippen LogP contribution in [0.25, 0.3) is 0 Å². The lowest BCUT2D eigenvalue weighted by atomic mass is 9.86. The van der Waals surface area contributed by atoms with Crippen molar-refractivity contribution in [1.82, 2.24) is 15.5 Å². The second-order valence-corrected chi connectivity index (χ2v) is 8.22. The minimum absolute atomic E-state index is 0.116. The molecule has 0 aliphatic heterocycles. The molecule has 1 heterocycles. The fraction of sp³-hybridized carbons (Fsp3) is 0.786. The smallest absolute Gasteiger partial charge is 0.230 e. The van der Waals surface area contributed by atoms with Crippen LogP contribution in [0.5, 0.6) is 0 Å². The van der Waals surface area contributed by atoms with Gasteiger partial charge in [0.05, 0.1) is 5.75 Å². The van der Waals surface area contributed by atoms with Crippen molar-refractivity contribution in [3.8, 4) is 0 Å². The summed E-state index contributed by atoms with van der Waals surface area (Å²) >= 11 is 3.02. The predicted molar refractivity (Wildman–Crippen MR) is 86.8 cm³/mol. The van der Waals surface area contributed by atoms with Crippen LogP contribution >= 0.6 is 23.1 Å². The summed E-state index contributed by atoms with van der Waals surface area (Å²) in [6, 6.07) is 0.945. The highest BCUT2D eigenvalue weighted by Gasteiger charge is 2.24.